The van der Waals surface area contributed by atoms with Crippen molar-refractivity contribution in [2.45, 2.75) is 20.3 Å². The smallest absolute Gasteiger partial charge is 0.127 e. The van der Waals surface area contributed by atoms with Gasteiger partial charge in [0.05, 0.1) is 12.0 Å². The van der Waals surface area contributed by atoms with Gasteiger partial charge in [0.15, 0.2) is 0 Å². The van der Waals surface area contributed by atoms with Crippen LogP contribution in [0.3, 0.4) is 0 Å². The molecule has 0 saturated heterocycles. The van der Waals surface area contributed by atoms with Crippen LogP contribution in [0.4, 0.5) is 0 Å². The van der Waals surface area contributed by atoms with Crippen molar-refractivity contribution < 1.29 is 0 Å². The molecule has 0 aliphatic heterocycles. The number of imidazole rings is 1. The van der Waals surface area contributed by atoms with Crippen LogP contribution in [0.25, 0.3) is 0 Å². The Bertz CT molecular complexity index is 221. The zero-order chi connectivity index (χ0) is 8.43. The minimum Gasteiger partial charge on any atom is -0.337 e. The summed E-state index contributed by atoms with van der Waals surface area (Å²) in [5.74, 6) is 0.682. The summed E-state index contributed by atoms with van der Waals surface area (Å²) < 4.78 is 3.04. The van der Waals surface area contributed by atoms with Gasteiger partial charge >= 0.3 is 0 Å². The summed E-state index contributed by atoms with van der Waals surface area (Å²) >= 11 is 3.41. The Morgan fingerprint density at radius 1 is 1.64 bits per heavy atom. The van der Waals surface area contributed by atoms with Gasteiger partial charge in [-0.2, -0.15) is 0 Å². The maximum Gasteiger partial charge on any atom is 0.127 e. The lowest BCUT2D eigenvalue weighted by atomic mass is 10.1. The first-order valence-electron chi connectivity index (χ1n) is 3.77. The van der Waals surface area contributed by atoms with E-state index in [-0.39, 0.29) is 0 Å². The van der Waals surface area contributed by atoms with E-state index in [9.17, 15) is 0 Å². The van der Waals surface area contributed by atoms with E-state index in [1.54, 1.807) is 0 Å². The van der Waals surface area contributed by atoms with E-state index in [2.05, 4.69) is 39.3 Å². The molecule has 0 aromatic carbocycles. The minimum atomic E-state index is 0.682. The lowest BCUT2D eigenvalue weighted by Gasteiger charge is -2.05. The van der Waals surface area contributed by atoms with E-state index in [0.29, 0.717) is 5.92 Å². The molecule has 1 rings (SSSR count). The molecule has 0 unspecified atom stereocenters. The standard InChI is InChI=1S/C8H13BrN2/c1-6(2)4-7-8(9)10-5-11(7)3/h5-6H,4H2,1-3H3. The highest BCUT2D eigenvalue weighted by atomic mass is 79.9. The second-order valence-corrected chi connectivity index (χ2v) is 3.94. The molecular formula is C8H13BrN2. The minimum absolute atomic E-state index is 0.682. The van der Waals surface area contributed by atoms with E-state index in [0.717, 1.165) is 11.0 Å². The first-order chi connectivity index (χ1) is 5.11. The van der Waals surface area contributed by atoms with Gasteiger partial charge in [0.2, 0.25) is 0 Å². The third kappa shape index (κ3) is 2.06. The molecular weight excluding hydrogens is 204 g/mol. The Kier molecular flexibility index (Phi) is 2.71. The molecule has 0 aliphatic rings. The highest BCUT2D eigenvalue weighted by Gasteiger charge is 2.06. The van der Waals surface area contributed by atoms with Crippen LogP contribution < -0.4 is 0 Å². The zero-order valence-corrected chi connectivity index (χ0v) is 8.72. The summed E-state index contributed by atoms with van der Waals surface area (Å²) in [6.45, 7) is 4.42. The van der Waals surface area contributed by atoms with E-state index in [1.807, 2.05) is 13.4 Å². The molecule has 11 heavy (non-hydrogen) atoms. The molecule has 3 heteroatoms. The SMILES string of the molecule is CC(C)Cc1c(Br)ncn1C. The molecule has 1 aromatic heterocycles. The van der Waals surface area contributed by atoms with E-state index >= 15 is 0 Å². The number of aryl methyl sites for hydroxylation is 1. The molecule has 0 bridgehead atoms. The van der Waals surface area contributed by atoms with Crippen LogP contribution in [-0.4, -0.2) is 9.55 Å². The van der Waals surface area contributed by atoms with E-state index < -0.39 is 0 Å². The molecule has 62 valence electrons. The third-order valence-corrected chi connectivity index (χ3v) is 2.27. The fourth-order valence-corrected chi connectivity index (χ4v) is 1.58. The molecule has 0 fully saturated rings. The highest BCUT2D eigenvalue weighted by Crippen LogP contribution is 2.16. The fourth-order valence-electron chi connectivity index (χ4n) is 1.04. The normalized spacial score (nSPS) is 11.0. The number of hydrogen-bond donors (Lipinski definition) is 0. The zero-order valence-electron chi connectivity index (χ0n) is 7.13. The van der Waals surface area contributed by atoms with Gasteiger partial charge in [0.25, 0.3) is 0 Å². The van der Waals surface area contributed by atoms with Gasteiger partial charge < -0.3 is 4.57 Å². The van der Waals surface area contributed by atoms with Crippen molar-refractivity contribution >= 4 is 15.9 Å². The van der Waals surface area contributed by atoms with Crippen LogP contribution in [0.15, 0.2) is 10.9 Å². The lowest BCUT2D eigenvalue weighted by molar-refractivity contribution is 0.614. The number of rotatable bonds is 2. The monoisotopic (exact) mass is 216 g/mol. The lowest BCUT2D eigenvalue weighted by Crippen LogP contribution is -2.00. The number of nitrogens with zero attached hydrogens (tertiary/aromatic N) is 2. The molecule has 1 heterocycles. The summed E-state index contributed by atoms with van der Waals surface area (Å²) in [5.41, 5.74) is 1.28. The topological polar surface area (TPSA) is 17.8 Å². The maximum atomic E-state index is 4.15. The summed E-state index contributed by atoms with van der Waals surface area (Å²) in [6.07, 6.45) is 2.92. The number of hydrogen-bond acceptors (Lipinski definition) is 1. The van der Waals surface area contributed by atoms with Crippen LogP contribution in [0.5, 0.6) is 0 Å². The molecule has 0 N–H and O–H groups in total. The van der Waals surface area contributed by atoms with Crippen molar-refractivity contribution in [1.29, 1.82) is 0 Å². The molecule has 0 amide bonds. The van der Waals surface area contributed by atoms with Crippen molar-refractivity contribution in [3.63, 3.8) is 0 Å². The molecule has 0 spiro atoms. The van der Waals surface area contributed by atoms with Crippen molar-refractivity contribution in [2.24, 2.45) is 13.0 Å². The molecule has 0 atom stereocenters. The van der Waals surface area contributed by atoms with E-state index in [4.69, 9.17) is 0 Å². The van der Waals surface area contributed by atoms with Crippen molar-refractivity contribution in [1.82, 2.24) is 9.55 Å². The Morgan fingerprint density at radius 3 is 2.64 bits per heavy atom. The second-order valence-electron chi connectivity index (χ2n) is 3.19. The summed E-state index contributed by atoms with van der Waals surface area (Å²) in [7, 11) is 2.02. The number of aromatic nitrogens is 2. The Balaban J connectivity index is 2.83. The molecule has 1 aromatic rings. The molecule has 0 radical (unpaired) electrons. The average Bonchev–Trinajstić information content (AvgIpc) is 2.18. The van der Waals surface area contributed by atoms with Crippen LogP contribution >= 0.6 is 15.9 Å². The van der Waals surface area contributed by atoms with Crippen molar-refractivity contribution in [3.05, 3.63) is 16.6 Å². The molecule has 0 aliphatic carbocycles. The Labute approximate surface area is 75.8 Å². The van der Waals surface area contributed by atoms with Crippen molar-refractivity contribution in [3.8, 4) is 0 Å². The highest BCUT2D eigenvalue weighted by molar-refractivity contribution is 9.10. The third-order valence-electron chi connectivity index (χ3n) is 1.61. The quantitative estimate of drug-likeness (QED) is 0.743. The van der Waals surface area contributed by atoms with E-state index in [1.165, 1.54) is 5.69 Å². The van der Waals surface area contributed by atoms with Crippen LogP contribution in [0.2, 0.25) is 0 Å². The summed E-state index contributed by atoms with van der Waals surface area (Å²) in [5, 5.41) is 0. The summed E-state index contributed by atoms with van der Waals surface area (Å²) in [6, 6.07) is 0. The van der Waals surface area contributed by atoms with Gasteiger partial charge in [-0.15, -0.1) is 0 Å². The Hall–Kier alpha value is -0.310. The average molecular weight is 217 g/mol. The molecule has 0 saturated carbocycles. The van der Waals surface area contributed by atoms with Gasteiger partial charge in [0.1, 0.15) is 4.60 Å². The van der Waals surface area contributed by atoms with Crippen LogP contribution in [-0.2, 0) is 13.5 Å². The van der Waals surface area contributed by atoms with Gasteiger partial charge in [0, 0.05) is 7.05 Å². The predicted molar refractivity (Wildman–Crippen MR) is 49.5 cm³/mol. The predicted octanol–water partition coefficient (Wildman–Crippen LogP) is 2.38. The van der Waals surface area contributed by atoms with Gasteiger partial charge in [-0.25, -0.2) is 4.98 Å². The van der Waals surface area contributed by atoms with Gasteiger partial charge in [-0.3, -0.25) is 0 Å². The number of halogens is 1. The van der Waals surface area contributed by atoms with Crippen LogP contribution in [0, 0.1) is 5.92 Å². The first kappa shape index (κ1) is 8.78. The van der Waals surface area contributed by atoms with Gasteiger partial charge in [-0.1, -0.05) is 13.8 Å². The Morgan fingerprint density at radius 2 is 2.27 bits per heavy atom. The summed E-state index contributed by atoms with van der Waals surface area (Å²) in [4.78, 5) is 4.15. The first-order valence-corrected chi connectivity index (χ1v) is 4.56. The largest absolute Gasteiger partial charge is 0.337 e. The second kappa shape index (κ2) is 3.39. The van der Waals surface area contributed by atoms with Crippen LogP contribution in [0.1, 0.15) is 19.5 Å². The van der Waals surface area contributed by atoms with Crippen molar-refractivity contribution in [2.75, 3.05) is 0 Å². The fraction of sp³-hybridized carbons (Fsp3) is 0.625. The van der Waals surface area contributed by atoms with Gasteiger partial charge in [-0.05, 0) is 28.3 Å². The molecule has 2 nitrogen and oxygen atoms in total. The maximum absolute atomic E-state index is 4.15.